The topological polar surface area (TPSA) is 27.7 Å². The Bertz CT molecular complexity index is 310. The third-order valence-electron chi connectivity index (χ3n) is 2.81. The summed E-state index contributed by atoms with van der Waals surface area (Å²) in [5.41, 5.74) is 1.08. The lowest BCUT2D eigenvalue weighted by molar-refractivity contribution is 0.0356. The highest BCUT2D eigenvalue weighted by atomic mass is 16.5. The molecule has 0 heterocycles. The van der Waals surface area contributed by atoms with Crippen LogP contribution in [0.25, 0.3) is 0 Å². The molecule has 0 saturated carbocycles. The molecule has 3 heteroatoms. The molecule has 96 valence electrons. The molecule has 3 nitrogen and oxygen atoms in total. The summed E-state index contributed by atoms with van der Waals surface area (Å²) >= 11 is 0. The van der Waals surface area contributed by atoms with E-state index in [-0.39, 0.29) is 0 Å². The van der Waals surface area contributed by atoms with Crippen molar-refractivity contribution in [3.8, 4) is 11.5 Å². The molecule has 1 aromatic rings. The Morgan fingerprint density at radius 2 is 1.47 bits per heavy atom. The van der Waals surface area contributed by atoms with E-state index in [0.29, 0.717) is 12.7 Å². The van der Waals surface area contributed by atoms with Crippen molar-refractivity contribution in [1.82, 2.24) is 0 Å². The van der Waals surface area contributed by atoms with Crippen LogP contribution < -0.4 is 9.47 Å². The zero-order valence-corrected chi connectivity index (χ0v) is 11.2. The van der Waals surface area contributed by atoms with Gasteiger partial charge in [-0.2, -0.15) is 0 Å². The van der Waals surface area contributed by atoms with E-state index >= 15 is 0 Å². The highest BCUT2D eigenvalue weighted by molar-refractivity contribution is 5.38. The van der Waals surface area contributed by atoms with Crippen LogP contribution in [0.4, 0.5) is 0 Å². The summed E-state index contributed by atoms with van der Waals surface area (Å²) in [6, 6.07) is 5.82. The van der Waals surface area contributed by atoms with Crippen LogP contribution in [-0.2, 0) is 11.3 Å². The SMILES string of the molecule is CCC(CC)OCc1cc(OC)cc(OC)c1. The average molecular weight is 238 g/mol. The number of methoxy groups -OCH3 is 2. The number of benzene rings is 1. The quantitative estimate of drug-likeness (QED) is 0.728. The van der Waals surface area contributed by atoms with Gasteiger partial charge in [0.1, 0.15) is 11.5 Å². The van der Waals surface area contributed by atoms with Crippen LogP contribution >= 0.6 is 0 Å². The Labute approximate surface area is 104 Å². The molecule has 0 atom stereocenters. The van der Waals surface area contributed by atoms with Gasteiger partial charge in [0.05, 0.1) is 26.9 Å². The van der Waals surface area contributed by atoms with Gasteiger partial charge < -0.3 is 14.2 Å². The lowest BCUT2D eigenvalue weighted by atomic mass is 10.2. The number of ether oxygens (including phenoxy) is 3. The summed E-state index contributed by atoms with van der Waals surface area (Å²) in [5, 5.41) is 0. The van der Waals surface area contributed by atoms with Gasteiger partial charge in [-0.3, -0.25) is 0 Å². The lowest BCUT2D eigenvalue weighted by Gasteiger charge is -2.15. The van der Waals surface area contributed by atoms with Crippen molar-refractivity contribution in [2.24, 2.45) is 0 Å². The lowest BCUT2D eigenvalue weighted by Crippen LogP contribution is -2.10. The molecule has 0 bridgehead atoms. The van der Waals surface area contributed by atoms with Gasteiger partial charge in [0, 0.05) is 6.07 Å². The van der Waals surface area contributed by atoms with E-state index in [4.69, 9.17) is 14.2 Å². The fraction of sp³-hybridized carbons (Fsp3) is 0.571. The van der Waals surface area contributed by atoms with Crippen LogP contribution in [0.1, 0.15) is 32.3 Å². The number of rotatable bonds is 7. The third-order valence-corrected chi connectivity index (χ3v) is 2.81. The highest BCUT2D eigenvalue weighted by Gasteiger charge is 2.06. The molecule has 0 radical (unpaired) electrons. The van der Waals surface area contributed by atoms with Gasteiger partial charge in [-0.15, -0.1) is 0 Å². The van der Waals surface area contributed by atoms with Crippen molar-refractivity contribution in [2.75, 3.05) is 14.2 Å². The van der Waals surface area contributed by atoms with Crippen LogP contribution in [0.2, 0.25) is 0 Å². The Balaban J connectivity index is 2.69. The van der Waals surface area contributed by atoms with E-state index in [0.717, 1.165) is 29.9 Å². The average Bonchev–Trinajstić information content (AvgIpc) is 2.39. The first kappa shape index (κ1) is 13.8. The summed E-state index contributed by atoms with van der Waals surface area (Å²) in [4.78, 5) is 0. The van der Waals surface area contributed by atoms with E-state index in [1.54, 1.807) is 14.2 Å². The second kappa shape index (κ2) is 7.17. The smallest absolute Gasteiger partial charge is 0.122 e. The zero-order chi connectivity index (χ0) is 12.7. The van der Waals surface area contributed by atoms with Crippen molar-refractivity contribution in [2.45, 2.75) is 39.4 Å². The summed E-state index contributed by atoms with van der Waals surface area (Å²) < 4.78 is 16.3. The third kappa shape index (κ3) is 4.27. The molecule has 0 fully saturated rings. The second-order valence-corrected chi connectivity index (χ2v) is 3.97. The van der Waals surface area contributed by atoms with Gasteiger partial charge in [-0.25, -0.2) is 0 Å². The first-order valence-corrected chi connectivity index (χ1v) is 6.07. The van der Waals surface area contributed by atoms with Gasteiger partial charge in [0.25, 0.3) is 0 Å². The van der Waals surface area contributed by atoms with Crippen LogP contribution in [0.5, 0.6) is 11.5 Å². The van der Waals surface area contributed by atoms with E-state index < -0.39 is 0 Å². The molecule has 17 heavy (non-hydrogen) atoms. The Morgan fingerprint density at radius 1 is 0.941 bits per heavy atom. The van der Waals surface area contributed by atoms with Gasteiger partial charge in [0.2, 0.25) is 0 Å². The van der Waals surface area contributed by atoms with Crippen LogP contribution in [0, 0.1) is 0 Å². The summed E-state index contributed by atoms with van der Waals surface area (Å²) in [6.07, 6.45) is 2.40. The van der Waals surface area contributed by atoms with E-state index in [1.165, 1.54) is 0 Å². The normalized spacial score (nSPS) is 10.6. The Kier molecular flexibility index (Phi) is 5.84. The second-order valence-electron chi connectivity index (χ2n) is 3.97. The molecule has 0 aliphatic carbocycles. The van der Waals surface area contributed by atoms with Crippen molar-refractivity contribution < 1.29 is 14.2 Å². The van der Waals surface area contributed by atoms with Crippen molar-refractivity contribution in [1.29, 1.82) is 0 Å². The predicted molar refractivity (Wildman–Crippen MR) is 68.7 cm³/mol. The molecule has 1 aromatic carbocycles. The van der Waals surface area contributed by atoms with Crippen molar-refractivity contribution >= 4 is 0 Å². The van der Waals surface area contributed by atoms with Gasteiger partial charge in [-0.05, 0) is 30.5 Å². The van der Waals surface area contributed by atoms with E-state index in [2.05, 4.69) is 13.8 Å². The molecule has 0 amide bonds. The molecular formula is C14H22O3. The van der Waals surface area contributed by atoms with Gasteiger partial charge in [0.15, 0.2) is 0 Å². The number of hydrogen-bond donors (Lipinski definition) is 0. The number of hydrogen-bond acceptors (Lipinski definition) is 3. The molecule has 0 aliphatic heterocycles. The minimum atomic E-state index is 0.326. The Hall–Kier alpha value is -1.22. The largest absolute Gasteiger partial charge is 0.497 e. The summed E-state index contributed by atoms with van der Waals surface area (Å²) in [5.74, 6) is 1.60. The minimum absolute atomic E-state index is 0.326. The summed E-state index contributed by atoms with van der Waals surface area (Å²) in [6.45, 7) is 4.88. The van der Waals surface area contributed by atoms with Gasteiger partial charge in [-0.1, -0.05) is 13.8 Å². The van der Waals surface area contributed by atoms with E-state index in [9.17, 15) is 0 Å². The molecule has 0 aromatic heterocycles. The van der Waals surface area contributed by atoms with E-state index in [1.807, 2.05) is 18.2 Å². The van der Waals surface area contributed by atoms with Gasteiger partial charge >= 0.3 is 0 Å². The first-order valence-electron chi connectivity index (χ1n) is 6.07. The van der Waals surface area contributed by atoms with Crippen LogP contribution in [0.15, 0.2) is 18.2 Å². The standard InChI is InChI=1S/C14H22O3/c1-5-12(6-2)17-10-11-7-13(15-3)9-14(8-11)16-4/h7-9,12H,5-6,10H2,1-4H3. The molecular weight excluding hydrogens is 216 g/mol. The van der Waals surface area contributed by atoms with Crippen LogP contribution in [-0.4, -0.2) is 20.3 Å². The Morgan fingerprint density at radius 3 is 1.88 bits per heavy atom. The molecule has 0 aliphatic rings. The molecule has 0 unspecified atom stereocenters. The molecule has 0 N–H and O–H groups in total. The fourth-order valence-electron chi connectivity index (χ4n) is 1.69. The molecule has 0 saturated heterocycles. The van der Waals surface area contributed by atoms with Crippen LogP contribution in [0.3, 0.4) is 0 Å². The zero-order valence-electron chi connectivity index (χ0n) is 11.2. The van der Waals surface area contributed by atoms with Crippen molar-refractivity contribution in [3.63, 3.8) is 0 Å². The predicted octanol–water partition coefficient (Wildman–Crippen LogP) is 3.41. The molecule has 1 rings (SSSR count). The highest BCUT2D eigenvalue weighted by Crippen LogP contribution is 2.23. The minimum Gasteiger partial charge on any atom is -0.497 e. The monoisotopic (exact) mass is 238 g/mol. The van der Waals surface area contributed by atoms with Crippen molar-refractivity contribution in [3.05, 3.63) is 23.8 Å². The summed E-state index contributed by atoms with van der Waals surface area (Å²) in [7, 11) is 3.31. The maximum atomic E-state index is 5.81. The molecule has 0 spiro atoms. The maximum absolute atomic E-state index is 5.81. The first-order chi connectivity index (χ1) is 8.23. The maximum Gasteiger partial charge on any atom is 0.122 e. The fourth-order valence-corrected chi connectivity index (χ4v) is 1.69.